The molecule has 1 nitrogen and oxygen atoms in total. The lowest BCUT2D eigenvalue weighted by Gasteiger charge is -2.46. The molecule has 0 aromatic heterocycles. The predicted octanol–water partition coefficient (Wildman–Crippen LogP) is 5.85. The van der Waals surface area contributed by atoms with Gasteiger partial charge in [0.05, 0.1) is 0 Å². The van der Waals surface area contributed by atoms with Gasteiger partial charge in [0.25, 0.3) is 0 Å². The van der Waals surface area contributed by atoms with E-state index in [1.807, 2.05) is 0 Å². The van der Waals surface area contributed by atoms with Crippen molar-refractivity contribution in [3.05, 3.63) is 0 Å². The second-order valence-electron chi connectivity index (χ2n) is 6.69. The summed E-state index contributed by atoms with van der Waals surface area (Å²) < 4.78 is 3.24. The molecule has 0 bridgehead atoms. The Morgan fingerprint density at radius 1 is 0.632 bits per heavy atom. The van der Waals surface area contributed by atoms with E-state index in [-0.39, 0.29) is 0 Å². The first kappa shape index (κ1) is 17.4. The Balaban J connectivity index is 3.02. The molecule has 1 aliphatic heterocycles. The molecule has 1 saturated heterocycles. The highest BCUT2D eigenvalue weighted by Gasteiger charge is 2.54. The highest BCUT2D eigenvalue weighted by molar-refractivity contribution is 6.97. The molecule has 0 aromatic carbocycles. The third-order valence-corrected chi connectivity index (χ3v) is 19.7. The van der Waals surface area contributed by atoms with Crippen LogP contribution in [0.4, 0.5) is 0 Å². The molecule has 1 rings (SSSR count). The van der Waals surface area contributed by atoms with Crippen LogP contribution in [0, 0.1) is 0 Å². The van der Waals surface area contributed by atoms with Crippen molar-refractivity contribution in [2.45, 2.75) is 96.6 Å². The van der Waals surface area contributed by atoms with E-state index in [1.165, 1.54) is 32.2 Å². The lowest BCUT2D eigenvalue weighted by Crippen LogP contribution is -2.60. The van der Waals surface area contributed by atoms with Crippen molar-refractivity contribution in [2.24, 2.45) is 0 Å². The summed E-state index contributed by atoms with van der Waals surface area (Å²) in [5.74, 6) is 0. The fourth-order valence-electron chi connectivity index (χ4n) is 5.06. The summed E-state index contributed by atoms with van der Waals surface area (Å²) in [7, 11) is -2.15. The van der Waals surface area contributed by atoms with Gasteiger partial charge in [-0.05, 0) is 42.8 Å². The highest BCUT2D eigenvalue weighted by atomic mass is 28.4. The zero-order valence-corrected chi connectivity index (χ0v) is 16.2. The Kier molecular flexibility index (Phi) is 7.33. The van der Waals surface area contributed by atoms with Crippen LogP contribution in [-0.2, 0) is 0 Å². The Bertz CT molecular complexity index is 219. The summed E-state index contributed by atoms with van der Waals surface area (Å²) in [6, 6.07) is 9.62. The first-order valence-corrected chi connectivity index (χ1v) is 14.1. The van der Waals surface area contributed by atoms with Crippen LogP contribution in [0.25, 0.3) is 0 Å². The molecule has 1 fully saturated rings. The molecule has 0 aromatic rings. The zero-order chi connectivity index (χ0) is 14.4. The largest absolute Gasteiger partial charge is 0.345 e. The quantitative estimate of drug-likeness (QED) is 0.482. The van der Waals surface area contributed by atoms with Crippen molar-refractivity contribution in [3.63, 3.8) is 0 Å². The average molecular weight is 300 g/mol. The number of rotatable bonds is 9. The Hall–Kier alpha value is 0.394. The summed E-state index contributed by atoms with van der Waals surface area (Å²) in [5.41, 5.74) is 0. The van der Waals surface area contributed by atoms with Crippen molar-refractivity contribution in [1.82, 2.24) is 4.23 Å². The van der Waals surface area contributed by atoms with Gasteiger partial charge >= 0.3 is 0 Å². The van der Waals surface area contributed by atoms with Crippen molar-refractivity contribution in [3.8, 4) is 0 Å². The van der Waals surface area contributed by atoms with Crippen LogP contribution in [0.1, 0.15) is 60.3 Å². The topological polar surface area (TPSA) is 3.24 Å². The van der Waals surface area contributed by atoms with E-state index in [1.54, 1.807) is 36.3 Å². The summed E-state index contributed by atoms with van der Waals surface area (Å²) >= 11 is 0. The van der Waals surface area contributed by atoms with E-state index in [0.29, 0.717) is 0 Å². The highest BCUT2D eigenvalue weighted by Crippen LogP contribution is 2.47. The summed E-state index contributed by atoms with van der Waals surface area (Å²) in [6.07, 6.45) is 5.69. The molecule has 0 saturated carbocycles. The summed E-state index contributed by atoms with van der Waals surface area (Å²) in [5, 5.41) is 0. The normalized spacial score (nSPS) is 21.9. The molecule has 1 aliphatic rings. The smallest absolute Gasteiger partial charge is 0.121 e. The van der Waals surface area contributed by atoms with Crippen molar-refractivity contribution >= 4 is 16.5 Å². The molecule has 1 heterocycles. The lowest BCUT2D eigenvalue weighted by atomic mass is 10.6. The van der Waals surface area contributed by atoms with Gasteiger partial charge in [0.2, 0.25) is 0 Å². The minimum atomic E-state index is -1.08. The van der Waals surface area contributed by atoms with Crippen molar-refractivity contribution < 1.29 is 0 Å². The maximum absolute atomic E-state index is 3.24. The Labute approximate surface area is 124 Å². The maximum atomic E-state index is 3.24. The van der Waals surface area contributed by atoms with E-state index in [2.05, 4.69) is 38.8 Å². The molecule has 0 amide bonds. The first-order valence-electron chi connectivity index (χ1n) is 8.92. The molecule has 0 atom stereocenters. The molecule has 0 N–H and O–H groups in total. The number of nitrogens with zero attached hydrogens (tertiary/aromatic N) is 1. The summed E-state index contributed by atoms with van der Waals surface area (Å²) in [6.45, 7) is 13.5. The molecule has 19 heavy (non-hydrogen) atoms. The third-order valence-electron chi connectivity index (χ3n) is 5.38. The maximum Gasteiger partial charge on any atom is 0.121 e. The van der Waals surface area contributed by atoms with E-state index >= 15 is 0 Å². The van der Waals surface area contributed by atoms with Gasteiger partial charge in [-0.25, -0.2) is 0 Å². The van der Waals surface area contributed by atoms with Gasteiger partial charge in [0.15, 0.2) is 0 Å². The standard InChI is InChI=1S/C16H37NSi2/c1-6-11-18(12-7-2)15-16-19(13-8-3,14-9-4)17(18)10-5/h6-16H2,1-5H3. The van der Waals surface area contributed by atoms with Gasteiger partial charge in [0.1, 0.15) is 16.5 Å². The third kappa shape index (κ3) is 3.54. The van der Waals surface area contributed by atoms with Crippen LogP contribution in [0.15, 0.2) is 0 Å². The molecule has 0 spiro atoms. The van der Waals surface area contributed by atoms with Crippen molar-refractivity contribution in [2.75, 3.05) is 6.54 Å². The molecule has 0 radical (unpaired) electrons. The monoisotopic (exact) mass is 299 g/mol. The van der Waals surface area contributed by atoms with E-state index in [9.17, 15) is 0 Å². The van der Waals surface area contributed by atoms with E-state index in [4.69, 9.17) is 0 Å². The van der Waals surface area contributed by atoms with Crippen LogP contribution >= 0.6 is 0 Å². The Morgan fingerprint density at radius 2 is 0.947 bits per heavy atom. The zero-order valence-electron chi connectivity index (χ0n) is 14.2. The predicted molar refractivity (Wildman–Crippen MR) is 93.9 cm³/mol. The minimum Gasteiger partial charge on any atom is -0.345 e. The van der Waals surface area contributed by atoms with Gasteiger partial charge < -0.3 is 4.23 Å². The first-order chi connectivity index (χ1) is 9.14. The molecule has 114 valence electrons. The SMILES string of the molecule is CCC[Si]1(CCC)CC[Si](CCC)(CCC)N1CC. The van der Waals surface area contributed by atoms with Crippen molar-refractivity contribution in [1.29, 1.82) is 0 Å². The van der Waals surface area contributed by atoms with Crippen LogP contribution in [0.2, 0.25) is 36.3 Å². The molecule has 0 aliphatic carbocycles. The van der Waals surface area contributed by atoms with E-state index in [0.717, 1.165) is 0 Å². The van der Waals surface area contributed by atoms with E-state index < -0.39 is 16.5 Å². The molecule has 3 heteroatoms. The second-order valence-corrected chi connectivity index (χ2v) is 16.1. The Morgan fingerprint density at radius 3 is 1.16 bits per heavy atom. The average Bonchev–Trinajstić information content (AvgIpc) is 2.66. The number of hydrogen-bond acceptors (Lipinski definition) is 1. The van der Waals surface area contributed by atoms with Crippen LogP contribution in [0.3, 0.4) is 0 Å². The fraction of sp³-hybridized carbons (Fsp3) is 1.00. The van der Waals surface area contributed by atoms with Crippen LogP contribution in [-0.4, -0.2) is 27.2 Å². The second kappa shape index (κ2) is 7.99. The summed E-state index contributed by atoms with van der Waals surface area (Å²) in [4.78, 5) is 0. The van der Waals surface area contributed by atoms with Gasteiger partial charge in [-0.1, -0.05) is 60.3 Å². The molecular formula is C16H37NSi2. The fourth-order valence-corrected chi connectivity index (χ4v) is 23.0. The van der Waals surface area contributed by atoms with Gasteiger partial charge in [0, 0.05) is 0 Å². The van der Waals surface area contributed by atoms with Gasteiger partial charge in [-0.15, -0.1) is 0 Å². The van der Waals surface area contributed by atoms with Crippen LogP contribution < -0.4 is 0 Å². The molecular weight excluding hydrogens is 262 g/mol. The lowest BCUT2D eigenvalue weighted by molar-refractivity contribution is 0.617. The van der Waals surface area contributed by atoms with Crippen LogP contribution in [0.5, 0.6) is 0 Å². The van der Waals surface area contributed by atoms with Gasteiger partial charge in [-0.2, -0.15) is 0 Å². The minimum absolute atomic E-state index is 1.08. The molecule has 0 unspecified atom stereocenters. The number of hydrogen-bond donors (Lipinski definition) is 0. The van der Waals surface area contributed by atoms with Gasteiger partial charge in [-0.3, -0.25) is 0 Å².